The Morgan fingerprint density at radius 2 is 2.03 bits per heavy atom. The third-order valence-corrected chi connectivity index (χ3v) is 5.47. The highest BCUT2D eigenvalue weighted by molar-refractivity contribution is 6.01. The highest BCUT2D eigenvalue weighted by Crippen LogP contribution is 2.26. The van der Waals surface area contributed by atoms with Gasteiger partial charge in [0.05, 0.1) is 30.9 Å². The monoisotopic (exact) mass is 461 g/mol. The molecule has 3 heterocycles. The van der Waals surface area contributed by atoms with Gasteiger partial charge < -0.3 is 15.4 Å². The summed E-state index contributed by atoms with van der Waals surface area (Å²) in [4.78, 5) is 39.8. The number of likely N-dealkylation sites (tertiary alicyclic amines) is 1. The van der Waals surface area contributed by atoms with Crippen molar-refractivity contribution in [1.82, 2.24) is 25.2 Å². The average Bonchev–Trinajstić information content (AvgIpc) is 3.27. The maximum atomic E-state index is 12.8. The number of benzene rings is 1. The molecule has 3 N–H and O–H groups in total. The zero-order valence-electron chi connectivity index (χ0n) is 19.1. The van der Waals surface area contributed by atoms with Crippen molar-refractivity contribution < 1.29 is 14.3 Å². The number of ether oxygens (including phenoxy) is 1. The van der Waals surface area contributed by atoms with Gasteiger partial charge in [-0.25, -0.2) is 9.78 Å². The second-order valence-electron chi connectivity index (χ2n) is 8.09. The van der Waals surface area contributed by atoms with Crippen molar-refractivity contribution in [3.8, 4) is 5.75 Å². The first kappa shape index (κ1) is 23.1. The van der Waals surface area contributed by atoms with Gasteiger partial charge in [0.1, 0.15) is 5.75 Å². The van der Waals surface area contributed by atoms with Crippen LogP contribution < -0.4 is 20.7 Å². The molecule has 0 radical (unpaired) electrons. The predicted octanol–water partition coefficient (Wildman–Crippen LogP) is 2.84. The molecule has 3 aromatic rings. The number of nitrogens with zero attached hydrogens (tertiary/aromatic N) is 4. The summed E-state index contributed by atoms with van der Waals surface area (Å²) in [5, 5.41) is 8.41. The van der Waals surface area contributed by atoms with E-state index in [2.05, 4.69) is 41.9 Å². The fourth-order valence-corrected chi connectivity index (χ4v) is 3.78. The van der Waals surface area contributed by atoms with Gasteiger partial charge in [0.2, 0.25) is 0 Å². The number of carbonyl (C=O) groups excluding carboxylic acids is 2. The van der Waals surface area contributed by atoms with Crippen LogP contribution in [0.2, 0.25) is 0 Å². The third-order valence-electron chi connectivity index (χ3n) is 5.47. The lowest BCUT2D eigenvalue weighted by atomic mass is 10.1. The molecule has 1 atom stereocenters. The number of amides is 3. The van der Waals surface area contributed by atoms with Crippen LogP contribution in [0.15, 0.2) is 55.1 Å². The summed E-state index contributed by atoms with van der Waals surface area (Å²) in [6.45, 7) is 4.31. The van der Waals surface area contributed by atoms with Crippen molar-refractivity contribution in [3.63, 3.8) is 0 Å². The molecule has 1 saturated heterocycles. The van der Waals surface area contributed by atoms with Crippen molar-refractivity contribution in [2.24, 2.45) is 0 Å². The highest BCUT2D eigenvalue weighted by atomic mass is 16.5. The van der Waals surface area contributed by atoms with Crippen LogP contribution in [0.5, 0.6) is 5.75 Å². The second kappa shape index (κ2) is 10.7. The fraction of sp³-hybridized carbons (Fsp3) is 0.292. The van der Waals surface area contributed by atoms with Crippen LogP contribution in [0, 0.1) is 6.92 Å². The predicted molar refractivity (Wildman–Crippen MR) is 128 cm³/mol. The van der Waals surface area contributed by atoms with Gasteiger partial charge in [-0.05, 0) is 43.2 Å². The third kappa shape index (κ3) is 6.04. The molecule has 4 rings (SSSR count). The first-order valence-electron chi connectivity index (χ1n) is 11.0. The number of aromatic nitrogens is 3. The molecule has 1 fully saturated rings. The molecular weight excluding hydrogens is 434 g/mol. The summed E-state index contributed by atoms with van der Waals surface area (Å²) in [5.41, 5.74) is 2.79. The molecule has 0 aliphatic carbocycles. The minimum absolute atomic E-state index is 0.0642. The molecule has 176 valence electrons. The molecule has 10 nitrogen and oxygen atoms in total. The van der Waals surface area contributed by atoms with Gasteiger partial charge in [-0.2, -0.15) is 0 Å². The van der Waals surface area contributed by atoms with E-state index in [-0.39, 0.29) is 11.9 Å². The van der Waals surface area contributed by atoms with Gasteiger partial charge in [0.25, 0.3) is 5.91 Å². The van der Waals surface area contributed by atoms with Crippen LogP contribution >= 0.6 is 0 Å². The molecule has 1 aromatic carbocycles. The summed E-state index contributed by atoms with van der Waals surface area (Å²) in [6, 6.07) is 8.45. The maximum absolute atomic E-state index is 12.8. The van der Waals surface area contributed by atoms with Gasteiger partial charge in [-0.3, -0.25) is 25.0 Å². The smallest absolute Gasteiger partial charge is 0.324 e. The first-order chi connectivity index (χ1) is 16.5. The molecule has 10 heteroatoms. The highest BCUT2D eigenvalue weighted by Gasteiger charge is 2.24. The van der Waals surface area contributed by atoms with Gasteiger partial charge >= 0.3 is 6.03 Å². The molecule has 1 aliphatic heterocycles. The van der Waals surface area contributed by atoms with Gasteiger partial charge in [0, 0.05) is 43.6 Å². The maximum Gasteiger partial charge on any atom is 0.324 e. The second-order valence-corrected chi connectivity index (χ2v) is 8.09. The molecule has 3 amide bonds. The van der Waals surface area contributed by atoms with E-state index < -0.39 is 6.03 Å². The lowest BCUT2D eigenvalue weighted by Gasteiger charge is -2.17. The lowest BCUT2D eigenvalue weighted by molar-refractivity contribution is 0.0937. The number of aryl methyl sites for hydroxylation is 1. The summed E-state index contributed by atoms with van der Waals surface area (Å²) < 4.78 is 5.39. The Bertz CT molecular complexity index is 1140. The minimum atomic E-state index is -0.492. The molecule has 0 spiro atoms. The van der Waals surface area contributed by atoms with E-state index in [1.54, 1.807) is 30.6 Å². The number of hydrogen-bond donors (Lipinski definition) is 3. The largest absolute Gasteiger partial charge is 0.495 e. The van der Waals surface area contributed by atoms with Crippen molar-refractivity contribution in [2.75, 3.05) is 30.8 Å². The Kier molecular flexibility index (Phi) is 7.28. The number of nitrogens with one attached hydrogen (secondary N) is 3. The molecule has 34 heavy (non-hydrogen) atoms. The number of hydrogen-bond acceptors (Lipinski definition) is 7. The fourth-order valence-electron chi connectivity index (χ4n) is 3.78. The van der Waals surface area contributed by atoms with E-state index in [0.717, 1.165) is 37.3 Å². The molecular formula is C24H27N7O3. The topological polar surface area (TPSA) is 121 Å². The Morgan fingerprint density at radius 3 is 2.76 bits per heavy atom. The van der Waals surface area contributed by atoms with Crippen LogP contribution in [0.3, 0.4) is 0 Å². The van der Waals surface area contributed by atoms with Crippen LogP contribution in [0.4, 0.5) is 16.3 Å². The van der Waals surface area contributed by atoms with Crippen molar-refractivity contribution in [1.29, 1.82) is 0 Å². The Labute approximate surface area is 197 Å². The summed E-state index contributed by atoms with van der Waals surface area (Å²) >= 11 is 0. The number of methoxy groups -OCH3 is 1. The Hall–Kier alpha value is -4.05. The molecule has 2 aromatic heterocycles. The summed E-state index contributed by atoms with van der Waals surface area (Å²) in [6.07, 6.45) is 7.54. The van der Waals surface area contributed by atoms with E-state index in [1.165, 1.54) is 13.3 Å². The van der Waals surface area contributed by atoms with Crippen LogP contribution in [0.1, 0.15) is 28.0 Å². The lowest BCUT2D eigenvalue weighted by Crippen LogP contribution is -2.37. The number of pyridine rings is 1. The van der Waals surface area contributed by atoms with E-state index in [4.69, 9.17) is 4.74 Å². The number of urea groups is 1. The zero-order chi connectivity index (χ0) is 23.9. The average molecular weight is 462 g/mol. The van der Waals surface area contributed by atoms with Crippen molar-refractivity contribution >= 4 is 23.4 Å². The zero-order valence-corrected chi connectivity index (χ0v) is 19.1. The number of carbonyl (C=O) groups is 2. The number of rotatable bonds is 7. The van der Waals surface area contributed by atoms with Gasteiger partial charge in [0.15, 0.2) is 5.82 Å². The quantitative estimate of drug-likeness (QED) is 0.495. The van der Waals surface area contributed by atoms with Crippen LogP contribution in [0.25, 0.3) is 0 Å². The van der Waals surface area contributed by atoms with Crippen molar-refractivity contribution in [3.05, 3.63) is 71.9 Å². The molecule has 0 saturated carbocycles. The van der Waals surface area contributed by atoms with Gasteiger partial charge in [-0.1, -0.05) is 6.07 Å². The molecule has 1 aliphatic rings. The molecule has 0 bridgehead atoms. The van der Waals surface area contributed by atoms with E-state index in [9.17, 15) is 9.59 Å². The number of anilines is 2. The Morgan fingerprint density at radius 1 is 1.15 bits per heavy atom. The van der Waals surface area contributed by atoms with Crippen LogP contribution in [-0.2, 0) is 6.54 Å². The van der Waals surface area contributed by atoms with Gasteiger partial charge in [-0.15, -0.1) is 0 Å². The minimum Gasteiger partial charge on any atom is -0.495 e. The summed E-state index contributed by atoms with van der Waals surface area (Å²) in [5.74, 6) is 0.520. The first-order valence-corrected chi connectivity index (χ1v) is 11.0. The van der Waals surface area contributed by atoms with E-state index in [0.29, 0.717) is 22.8 Å². The van der Waals surface area contributed by atoms with Crippen molar-refractivity contribution in [2.45, 2.75) is 25.9 Å². The van der Waals surface area contributed by atoms with E-state index in [1.807, 2.05) is 19.2 Å². The normalized spacial score (nSPS) is 15.5. The standard InChI is InChI=1S/C24H27N7O3/c1-16-11-27-22(13-26-16)30-24(33)29-20-6-5-18(10-21(20)34-2)23(32)28-19-7-9-31(15-19)14-17-4-3-8-25-12-17/h3-6,8,10-13,19H,7,9,14-15H2,1-2H3,(H,28,32)(H2,27,29,30,33)/t19-/m0/s1. The molecule has 0 unspecified atom stereocenters. The summed E-state index contributed by atoms with van der Waals surface area (Å²) in [7, 11) is 1.48. The Balaban J connectivity index is 1.33. The van der Waals surface area contributed by atoms with E-state index >= 15 is 0 Å². The van der Waals surface area contributed by atoms with Crippen LogP contribution in [-0.4, -0.2) is 58.0 Å². The SMILES string of the molecule is COc1cc(C(=O)N[C@H]2CCN(Cc3cccnc3)C2)ccc1NC(=O)Nc1cnc(C)cn1.